The number of allylic oxidation sites excluding steroid dienone is 1. The molecule has 0 bridgehead atoms. The maximum absolute atomic E-state index is 9.94. The fourth-order valence-corrected chi connectivity index (χ4v) is 2.00. The van der Waals surface area contributed by atoms with E-state index in [2.05, 4.69) is 22.5 Å². The summed E-state index contributed by atoms with van der Waals surface area (Å²) in [5.74, 6) is 0. The highest BCUT2D eigenvalue weighted by molar-refractivity contribution is 9.10. The normalized spacial score (nSPS) is 12.5. The Kier molecular flexibility index (Phi) is 4.84. The molecule has 1 atom stereocenters. The van der Waals surface area contributed by atoms with E-state index < -0.39 is 6.10 Å². The molecule has 1 aromatic carbocycles. The minimum absolute atomic E-state index is 0.491. The molecular weight excluding hydrogens is 275 g/mol. The van der Waals surface area contributed by atoms with E-state index in [1.54, 1.807) is 12.1 Å². The first-order chi connectivity index (χ1) is 7.00. The third-order valence-corrected chi connectivity index (χ3v) is 3.12. The van der Waals surface area contributed by atoms with E-state index in [-0.39, 0.29) is 0 Å². The SMILES string of the molecule is C=C(C)CCC(O)c1cc(Cl)ccc1Br. The molecule has 0 aliphatic rings. The molecule has 0 heterocycles. The number of halogens is 2. The first-order valence-electron chi connectivity index (χ1n) is 4.78. The van der Waals surface area contributed by atoms with Gasteiger partial charge in [0.05, 0.1) is 6.10 Å². The van der Waals surface area contributed by atoms with Gasteiger partial charge in [-0.25, -0.2) is 0 Å². The number of hydrogen-bond acceptors (Lipinski definition) is 1. The van der Waals surface area contributed by atoms with E-state index in [1.807, 2.05) is 13.0 Å². The van der Waals surface area contributed by atoms with Gasteiger partial charge in [0.1, 0.15) is 0 Å². The summed E-state index contributed by atoms with van der Waals surface area (Å²) < 4.78 is 0.890. The molecule has 0 amide bonds. The van der Waals surface area contributed by atoms with Crippen LogP contribution < -0.4 is 0 Å². The maximum Gasteiger partial charge on any atom is 0.0804 e. The summed E-state index contributed by atoms with van der Waals surface area (Å²) in [6, 6.07) is 5.43. The maximum atomic E-state index is 9.94. The van der Waals surface area contributed by atoms with Gasteiger partial charge in [-0.15, -0.1) is 6.58 Å². The predicted octanol–water partition coefficient (Wildman–Crippen LogP) is 4.49. The number of hydrogen-bond donors (Lipinski definition) is 1. The topological polar surface area (TPSA) is 20.2 Å². The Morgan fingerprint density at radius 1 is 1.60 bits per heavy atom. The molecule has 0 spiro atoms. The third kappa shape index (κ3) is 3.98. The van der Waals surface area contributed by atoms with E-state index in [4.69, 9.17) is 11.6 Å². The van der Waals surface area contributed by atoms with Crippen molar-refractivity contribution in [2.75, 3.05) is 0 Å². The highest BCUT2D eigenvalue weighted by atomic mass is 79.9. The Morgan fingerprint density at radius 2 is 2.27 bits per heavy atom. The smallest absolute Gasteiger partial charge is 0.0804 e. The standard InChI is InChI=1S/C12H14BrClO/c1-8(2)3-6-12(15)10-7-9(14)4-5-11(10)13/h4-5,7,12,15H,1,3,6H2,2H3. The van der Waals surface area contributed by atoms with E-state index in [0.29, 0.717) is 11.4 Å². The average molecular weight is 290 g/mol. The molecule has 3 heteroatoms. The Bertz CT molecular complexity index is 363. The number of rotatable bonds is 4. The van der Waals surface area contributed by atoms with Crippen LogP contribution >= 0.6 is 27.5 Å². The summed E-state index contributed by atoms with van der Waals surface area (Å²) in [5.41, 5.74) is 1.91. The van der Waals surface area contributed by atoms with E-state index in [9.17, 15) is 5.11 Å². The molecule has 15 heavy (non-hydrogen) atoms. The molecule has 1 aromatic rings. The van der Waals surface area contributed by atoms with Gasteiger partial charge in [-0.3, -0.25) is 0 Å². The number of aliphatic hydroxyl groups is 1. The van der Waals surface area contributed by atoms with Crippen LogP contribution in [-0.4, -0.2) is 5.11 Å². The number of benzene rings is 1. The van der Waals surface area contributed by atoms with Crippen molar-refractivity contribution in [3.05, 3.63) is 45.4 Å². The van der Waals surface area contributed by atoms with Gasteiger partial charge < -0.3 is 5.11 Å². The second kappa shape index (κ2) is 5.69. The first-order valence-corrected chi connectivity index (χ1v) is 5.95. The Morgan fingerprint density at radius 3 is 2.87 bits per heavy atom. The molecule has 1 unspecified atom stereocenters. The van der Waals surface area contributed by atoms with E-state index >= 15 is 0 Å². The van der Waals surface area contributed by atoms with Crippen molar-refractivity contribution in [1.29, 1.82) is 0 Å². The lowest BCUT2D eigenvalue weighted by atomic mass is 10.0. The fourth-order valence-electron chi connectivity index (χ4n) is 1.31. The molecule has 0 radical (unpaired) electrons. The van der Waals surface area contributed by atoms with Crippen LogP contribution in [0.2, 0.25) is 5.02 Å². The molecule has 0 fully saturated rings. The quantitative estimate of drug-likeness (QED) is 0.810. The van der Waals surface area contributed by atoms with Gasteiger partial charge in [0.25, 0.3) is 0 Å². The van der Waals surface area contributed by atoms with E-state index in [0.717, 1.165) is 22.0 Å². The van der Waals surface area contributed by atoms with Gasteiger partial charge in [-0.05, 0) is 43.5 Å². The van der Waals surface area contributed by atoms with Crippen LogP contribution in [0.25, 0.3) is 0 Å². The van der Waals surface area contributed by atoms with Crippen molar-refractivity contribution in [2.45, 2.75) is 25.9 Å². The molecule has 82 valence electrons. The lowest BCUT2D eigenvalue weighted by molar-refractivity contribution is 0.167. The fraction of sp³-hybridized carbons (Fsp3) is 0.333. The molecule has 1 N–H and O–H groups in total. The van der Waals surface area contributed by atoms with Crippen LogP contribution in [0.3, 0.4) is 0 Å². The summed E-state index contributed by atoms with van der Waals surface area (Å²) in [7, 11) is 0. The summed E-state index contributed by atoms with van der Waals surface area (Å²) in [6.45, 7) is 5.77. The Labute approximate surface area is 104 Å². The molecule has 0 saturated carbocycles. The van der Waals surface area contributed by atoms with Crippen LogP contribution in [0.1, 0.15) is 31.4 Å². The molecular formula is C12H14BrClO. The zero-order valence-electron chi connectivity index (χ0n) is 8.63. The minimum atomic E-state index is -0.491. The van der Waals surface area contributed by atoms with Gasteiger partial charge in [0.15, 0.2) is 0 Å². The van der Waals surface area contributed by atoms with Crippen LogP contribution in [0.4, 0.5) is 0 Å². The molecule has 0 aliphatic heterocycles. The van der Waals surface area contributed by atoms with Crippen molar-refractivity contribution in [2.24, 2.45) is 0 Å². The van der Waals surface area contributed by atoms with Crippen LogP contribution in [0, 0.1) is 0 Å². The molecule has 1 rings (SSSR count). The van der Waals surface area contributed by atoms with Gasteiger partial charge >= 0.3 is 0 Å². The molecule has 0 saturated heterocycles. The van der Waals surface area contributed by atoms with Crippen molar-refractivity contribution >= 4 is 27.5 Å². The highest BCUT2D eigenvalue weighted by Gasteiger charge is 2.11. The van der Waals surface area contributed by atoms with Gasteiger partial charge in [-0.2, -0.15) is 0 Å². The first kappa shape index (κ1) is 12.8. The molecule has 1 nitrogen and oxygen atoms in total. The van der Waals surface area contributed by atoms with Crippen molar-refractivity contribution in [3.8, 4) is 0 Å². The second-order valence-corrected chi connectivity index (χ2v) is 4.97. The molecule has 0 aromatic heterocycles. The van der Waals surface area contributed by atoms with Crippen LogP contribution in [-0.2, 0) is 0 Å². The highest BCUT2D eigenvalue weighted by Crippen LogP contribution is 2.29. The minimum Gasteiger partial charge on any atom is -0.388 e. The van der Waals surface area contributed by atoms with Crippen molar-refractivity contribution in [1.82, 2.24) is 0 Å². The summed E-state index contributed by atoms with van der Waals surface area (Å²) >= 11 is 9.27. The summed E-state index contributed by atoms with van der Waals surface area (Å²) in [5, 5.41) is 10.6. The monoisotopic (exact) mass is 288 g/mol. The lowest BCUT2D eigenvalue weighted by Gasteiger charge is -2.13. The van der Waals surface area contributed by atoms with Crippen LogP contribution in [0.15, 0.2) is 34.8 Å². The largest absolute Gasteiger partial charge is 0.388 e. The summed E-state index contributed by atoms with van der Waals surface area (Å²) in [4.78, 5) is 0. The third-order valence-electron chi connectivity index (χ3n) is 2.16. The Hall–Kier alpha value is -0.310. The van der Waals surface area contributed by atoms with Gasteiger partial charge in [-0.1, -0.05) is 33.1 Å². The van der Waals surface area contributed by atoms with Gasteiger partial charge in [0, 0.05) is 9.50 Å². The average Bonchev–Trinajstić information content (AvgIpc) is 2.18. The molecule has 0 aliphatic carbocycles. The second-order valence-electron chi connectivity index (χ2n) is 3.68. The zero-order chi connectivity index (χ0) is 11.4. The number of aliphatic hydroxyl groups excluding tert-OH is 1. The van der Waals surface area contributed by atoms with Crippen molar-refractivity contribution < 1.29 is 5.11 Å². The lowest BCUT2D eigenvalue weighted by Crippen LogP contribution is -1.98. The van der Waals surface area contributed by atoms with Crippen molar-refractivity contribution in [3.63, 3.8) is 0 Å². The van der Waals surface area contributed by atoms with Crippen LogP contribution in [0.5, 0.6) is 0 Å². The Balaban J connectivity index is 2.76. The predicted molar refractivity (Wildman–Crippen MR) is 68.2 cm³/mol. The zero-order valence-corrected chi connectivity index (χ0v) is 11.0. The summed E-state index contributed by atoms with van der Waals surface area (Å²) in [6.07, 6.45) is 1.00. The van der Waals surface area contributed by atoms with Gasteiger partial charge in [0.2, 0.25) is 0 Å². The van der Waals surface area contributed by atoms with E-state index in [1.165, 1.54) is 0 Å².